The summed E-state index contributed by atoms with van der Waals surface area (Å²) in [6, 6.07) is 5.64. The zero-order valence-electron chi connectivity index (χ0n) is 10.3. The number of aryl methyl sites for hydroxylation is 2. The number of hydrogen-bond donors (Lipinski definition) is 1. The lowest BCUT2D eigenvalue weighted by Gasteiger charge is -2.04. The van der Waals surface area contributed by atoms with Crippen LogP contribution in [-0.2, 0) is 0 Å². The number of hydrogen-bond acceptors (Lipinski definition) is 2. The molecule has 1 rings (SSSR count). The molecule has 1 N–H and O–H groups in total. The van der Waals surface area contributed by atoms with E-state index in [1.165, 1.54) is 5.56 Å². The highest BCUT2D eigenvalue weighted by molar-refractivity contribution is 5.95. The summed E-state index contributed by atoms with van der Waals surface area (Å²) >= 11 is 0. The van der Waals surface area contributed by atoms with Crippen LogP contribution in [0.25, 0.3) is 0 Å². The van der Waals surface area contributed by atoms with Crippen molar-refractivity contribution in [2.24, 2.45) is 5.10 Å². The average molecular weight is 218 g/mol. The second-order valence-electron chi connectivity index (χ2n) is 3.94. The first-order chi connectivity index (χ1) is 7.54. The molecule has 0 unspecified atom stereocenters. The molecule has 0 atom stereocenters. The number of nitrogens with one attached hydrogen (secondary N) is 1. The summed E-state index contributed by atoms with van der Waals surface area (Å²) < 4.78 is 0. The van der Waals surface area contributed by atoms with Gasteiger partial charge < -0.3 is 0 Å². The highest BCUT2D eigenvalue weighted by atomic mass is 16.2. The van der Waals surface area contributed by atoms with Crippen LogP contribution in [0.5, 0.6) is 0 Å². The highest BCUT2D eigenvalue weighted by Gasteiger charge is 2.05. The molecule has 0 radical (unpaired) electrons. The molecule has 1 aromatic rings. The number of rotatable bonds is 3. The molecule has 0 spiro atoms. The van der Waals surface area contributed by atoms with Crippen molar-refractivity contribution in [1.29, 1.82) is 0 Å². The van der Waals surface area contributed by atoms with Crippen LogP contribution in [-0.4, -0.2) is 11.6 Å². The van der Waals surface area contributed by atoms with E-state index in [0.29, 0.717) is 5.56 Å². The molecule has 0 bridgehead atoms. The summed E-state index contributed by atoms with van der Waals surface area (Å²) in [5, 5.41) is 3.99. The summed E-state index contributed by atoms with van der Waals surface area (Å²) in [4.78, 5) is 11.7. The van der Waals surface area contributed by atoms with E-state index < -0.39 is 0 Å². The number of carbonyl (C=O) groups excluding carboxylic acids is 1. The molecule has 3 nitrogen and oxygen atoms in total. The van der Waals surface area contributed by atoms with Crippen molar-refractivity contribution in [2.75, 3.05) is 0 Å². The fourth-order valence-electron chi connectivity index (χ4n) is 1.17. The maximum absolute atomic E-state index is 11.7. The van der Waals surface area contributed by atoms with E-state index >= 15 is 0 Å². The molecule has 0 aliphatic rings. The van der Waals surface area contributed by atoms with Gasteiger partial charge in [-0.2, -0.15) is 5.10 Å². The van der Waals surface area contributed by atoms with Gasteiger partial charge >= 0.3 is 0 Å². The van der Waals surface area contributed by atoms with Crippen LogP contribution in [0.2, 0.25) is 0 Å². The Balaban J connectivity index is 2.77. The lowest BCUT2D eigenvalue weighted by molar-refractivity contribution is 0.0954. The van der Waals surface area contributed by atoms with Gasteiger partial charge in [-0.25, -0.2) is 5.43 Å². The van der Waals surface area contributed by atoms with E-state index in [4.69, 9.17) is 0 Å². The maximum atomic E-state index is 11.7. The Kier molecular flexibility index (Phi) is 4.23. The first-order valence-electron chi connectivity index (χ1n) is 5.45. The van der Waals surface area contributed by atoms with Gasteiger partial charge in [-0.1, -0.05) is 13.0 Å². The van der Waals surface area contributed by atoms with Gasteiger partial charge in [-0.3, -0.25) is 4.79 Å². The van der Waals surface area contributed by atoms with E-state index in [1.807, 2.05) is 45.9 Å². The quantitative estimate of drug-likeness (QED) is 0.615. The topological polar surface area (TPSA) is 41.5 Å². The van der Waals surface area contributed by atoms with Gasteiger partial charge in [-0.05, 0) is 50.5 Å². The third-order valence-corrected chi connectivity index (χ3v) is 2.63. The summed E-state index contributed by atoms with van der Waals surface area (Å²) in [7, 11) is 0. The fourth-order valence-corrected chi connectivity index (χ4v) is 1.17. The molecular formula is C13H18N2O. The predicted octanol–water partition coefficient (Wildman–Crippen LogP) is 2.82. The minimum atomic E-state index is -0.157. The van der Waals surface area contributed by atoms with Crippen molar-refractivity contribution >= 4 is 11.6 Å². The van der Waals surface area contributed by atoms with Crippen LogP contribution < -0.4 is 5.43 Å². The largest absolute Gasteiger partial charge is 0.271 e. The van der Waals surface area contributed by atoms with Crippen LogP contribution in [0, 0.1) is 13.8 Å². The number of benzene rings is 1. The highest BCUT2D eigenvalue weighted by Crippen LogP contribution is 2.09. The van der Waals surface area contributed by atoms with Gasteiger partial charge in [0.05, 0.1) is 0 Å². The lowest BCUT2D eigenvalue weighted by atomic mass is 10.1. The van der Waals surface area contributed by atoms with Gasteiger partial charge in [-0.15, -0.1) is 0 Å². The van der Waals surface area contributed by atoms with Gasteiger partial charge in [0.15, 0.2) is 0 Å². The summed E-state index contributed by atoms with van der Waals surface area (Å²) in [6.07, 6.45) is 0.840. The van der Waals surface area contributed by atoms with Crippen molar-refractivity contribution in [3.05, 3.63) is 34.9 Å². The summed E-state index contributed by atoms with van der Waals surface area (Å²) in [6.45, 7) is 7.91. The zero-order chi connectivity index (χ0) is 12.1. The predicted molar refractivity (Wildman–Crippen MR) is 66.8 cm³/mol. The van der Waals surface area contributed by atoms with Crippen LogP contribution in [0.3, 0.4) is 0 Å². The zero-order valence-corrected chi connectivity index (χ0v) is 10.3. The van der Waals surface area contributed by atoms with Crippen molar-refractivity contribution in [3.63, 3.8) is 0 Å². The Morgan fingerprint density at radius 2 is 2.00 bits per heavy atom. The average Bonchev–Trinajstić information content (AvgIpc) is 2.29. The maximum Gasteiger partial charge on any atom is 0.271 e. The van der Waals surface area contributed by atoms with Crippen LogP contribution in [0.4, 0.5) is 0 Å². The second-order valence-corrected chi connectivity index (χ2v) is 3.94. The van der Waals surface area contributed by atoms with Crippen molar-refractivity contribution in [3.8, 4) is 0 Å². The molecule has 0 saturated heterocycles. The number of nitrogens with zero attached hydrogens (tertiary/aromatic N) is 1. The van der Waals surface area contributed by atoms with Crippen molar-refractivity contribution < 1.29 is 4.79 Å². The minimum absolute atomic E-state index is 0.157. The van der Waals surface area contributed by atoms with Gasteiger partial charge in [0.2, 0.25) is 0 Å². The molecular weight excluding hydrogens is 200 g/mol. The fraction of sp³-hybridized carbons (Fsp3) is 0.385. The Morgan fingerprint density at radius 1 is 1.31 bits per heavy atom. The molecule has 16 heavy (non-hydrogen) atoms. The second kappa shape index (κ2) is 5.45. The summed E-state index contributed by atoms with van der Waals surface area (Å²) in [5.74, 6) is -0.157. The van der Waals surface area contributed by atoms with E-state index in [-0.39, 0.29) is 5.91 Å². The molecule has 0 aliphatic carbocycles. The van der Waals surface area contributed by atoms with E-state index in [2.05, 4.69) is 10.5 Å². The van der Waals surface area contributed by atoms with E-state index in [1.54, 1.807) is 0 Å². The normalized spacial score (nSPS) is 11.4. The van der Waals surface area contributed by atoms with E-state index in [0.717, 1.165) is 17.7 Å². The Labute approximate surface area is 96.6 Å². The third kappa shape index (κ3) is 3.19. The number of hydrazone groups is 1. The smallest absolute Gasteiger partial charge is 0.267 e. The number of amides is 1. The molecule has 0 heterocycles. The third-order valence-electron chi connectivity index (χ3n) is 2.63. The van der Waals surface area contributed by atoms with Crippen LogP contribution in [0.1, 0.15) is 41.8 Å². The van der Waals surface area contributed by atoms with Crippen molar-refractivity contribution in [2.45, 2.75) is 34.1 Å². The monoisotopic (exact) mass is 218 g/mol. The van der Waals surface area contributed by atoms with E-state index in [9.17, 15) is 4.79 Å². The van der Waals surface area contributed by atoms with Gasteiger partial charge in [0.1, 0.15) is 0 Å². The SMILES string of the molecule is CCC(C)=NNC(=O)c1ccc(C)c(C)c1. The Bertz CT molecular complexity index is 422. The summed E-state index contributed by atoms with van der Waals surface area (Å²) in [5.41, 5.74) is 6.41. The van der Waals surface area contributed by atoms with Crippen molar-refractivity contribution in [1.82, 2.24) is 5.43 Å². The van der Waals surface area contributed by atoms with Gasteiger partial charge in [0, 0.05) is 11.3 Å². The number of carbonyl (C=O) groups is 1. The Morgan fingerprint density at radius 3 is 2.56 bits per heavy atom. The molecule has 86 valence electrons. The first-order valence-corrected chi connectivity index (χ1v) is 5.45. The molecule has 1 aromatic carbocycles. The molecule has 1 amide bonds. The lowest BCUT2D eigenvalue weighted by Crippen LogP contribution is -2.19. The van der Waals surface area contributed by atoms with Gasteiger partial charge in [0.25, 0.3) is 5.91 Å². The Hall–Kier alpha value is -1.64. The molecule has 0 aromatic heterocycles. The molecule has 0 aliphatic heterocycles. The molecule has 0 saturated carbocycles. The van der Waals surface area contributed by atoms with Crippen LogP contribution >= 0.6 is 0 Å². The standard InChI is InChI=1S/C13H18N2O/c1-5-11(4)14-15-13(16)12-7-6-9(2)10(3)8-12/h6-8H,5H2,1-4H3,(H,15,16). The molecule has 3 heteroatoms. The first kappa shape index (κ1) is 12.4. The van der Waals surface area contributed by atoms with Crippen LogP contribution in [0.15, 0.2) is 23.3 Å². The minimum Gasteiger partial charge on any atom is -0.267 e. The molecule has 0 fully saturated rings.